The SMILES string of the molecule is N#CC1CCCN(c2nc(OC[C@@]34CCCN3C[C@H](F)C4)nc3c(F)c(-n4c5cn[nH]c5c5cccc(C6CC6)c54)ncc23)CC1. The first kappa shape index (κ1) is 27.9. The highest BCUT2D eigenvalue weighted by Gasteiger charge is 2.49. The molecule has 1 N–H and O–H groups in total. The second kappa shape index (κ2) is 10.6. The topological polar surface area (TPSA) is 112 Å². The van der Waals surface area contributed by atoms with E-state index in [1.165, 1.54) is 5.56 Å². The first-order valence-electron chi connectivity index (χ1n) is 16.5. The summed E-state index contributed by atoms with van der Waals surface area (Å²) < 4.78 is 39.8. The molecule has 46 heavy (non-hydrogen) atoms. The number of aromatic nitrogens is 6. The lowest BCUT2D eigenvalue weighted by atomic mass is 9.95. The molecule has 3 atom stereocenters. The molecule has 1 aromatic carbocycles. The van der Waals surface area contributed by atoms with Crippen LogP contribution >= 0.6 is 0 Å². The summed E-state index contributed by atoms with van der Waals surface area (Å²) in [6.07, 6.45) is 9.29. The van der Waals surface area contributed by atoms with Crippen molar-refractivity contribution < 1.29 is 13.5 Å². The molecule has 4 aliphatic rings. The normalized spacial score (nSPS) is 25.4. The molecule has 7 heterocycles. The Hall–Kier alpha value is -4.37. The maximum absolute atomic E-state index is 17.1. The zero-order valence-electron chi connectivity index (χ0n) is 25.6. The van der Waals surface area contributed by atoms with Crippen LogP contribution in [-0.4, -0.2) is 79.1 Å². The molecule has 0 radical (unpaired) electrons. The minimum atomic E-state index is -0.884. The number of hydrogen-bond donors (Lipinski definition) is 1. The van der Waals surface area contributed by atoms with Gasteiger partial charge in [-0.05, 0) is 63.0 Å². The van der Waals surface area contributed by atoms with E-state index in [9.17, 15) is 9.65 Å². The average molecular weight is 624 g/mol. The van der Waals surface area contributed by atoms with Crippen molar-refractivity contribution in [2.75, 3.05) is 37.7 Å². The van der Waals surface area contributed by atoms with Gasteiger partial charge in [-0.25, -0.2) is 13.8 Å². The number of aromatic amines is 1. The first-order chi connectivity index (χ1) is 22.5. The van der Waals surface area contributed by atoms with Crippen LogP contribution in [0.15, 0.2) is 30.6 Å². The second-order valence-corrected chi connectivity index (χ2v) is 13.6. The number of anilines is 1. The molecule has 3 aliphatic heterocycles. The van der Waals surface area contributed by atoms with E-state index in [0.29, 0.717) is 49.6 Å². The number of para-hydroxylation sites is 1. The van der Waals surface area contributed by atoms with Crippen LogP contribution in [0.5, 0.6) is 6.01 Å². The van der Waals surface area contributed by atoms with Crippen molar-refractivity contribution in [3.8, 4) is 17.9 Å². The van der Waals surface area contributed by atoms with Gasteiger partial charge in [0.15, 0.2) is 11.6 Å². The first-order valence-corrected chi connectivity index (χ1v) is 16.5. The van der Waals surface area contributed by atoms with E-state index < -0.39 is 17.5 Å². The molecule has 10 nitrogen and oxygen atoms in total. The summed E-state index contributed by atoms with van der Waals surface area (Å²) in [5.74, 6) is 0.540. The van der Waals surface area contributed by atoms with E-state index in [1.807, 2.05) is 16.7 Å². The number of rotatable bonds is 6. The lowest BCUT2D eigenvalue weighted by molar-refractivity contribution is 0.107. The minimum absolute atomic E-state index is 0.0289. The van der Waals surface area contributed by atoms with Crippen molar-refractivity contribution in [3.05, 3.63) is 42.0 Å². The van der Waals surface area contributed by atoms with Gasteiger partial charge in [-0.3, -0.25) is 14.6 Å². The molecule has 1 aliphatic carbocycles. The summed E-state index contributed by atoms with van der Waals surface area (Å²) in [5, 5.41) is 18.5. The molecule has 1 unspecified atom stereocenters. The van der Waals surface area contributed by atoms with E-state index in [4.69, 9.17) is 14.7 Å². The number of ether oxygens (including phenoxy) is 1. The van der Waals surface area contributed by atoms with E-state index >= 15 is 4.39 Å². The number of benzene rings is 1. The van der Waals surface area contributed by atoms with E-state index in [1.54, 1.807) is 12.4 Å². The third-order valence-electron chi connectivity index (χ3n) is 10.7. The fourth-order valence-electron chi connectivity index (χ4n) is 8.28. The van der Waals surface area contributed by atoms with Gasteiger partial charge in [-0.1, -0.05) is 18.2 Å². The van der Waals surface area contributed by atoms with E-state index in [-0.39, 0.29) is 29.9 Å². The van der Waals surface area contributed by atoms with Crippen LogP contribution in [0, 0.1) is 23.1 Å². The monoisotopic (exact) mass is 623 g/mol. The Balaban J connectivity index is 1.20. The summed E-state index contributed by atoms with van der Waals surface area (Å²) in [6, 6.07) is 8.70. The average Bonchev–Trinajstić information content (AvgIpc) is 3.51. The van der Waals surface area contributed by atoms with Gasteiger partial charge >= 0.3 is 6.01 Å². The van der Waals surface area contributed by atoms with E-state index in [2.05, 4.69) is 37.1 Å². The zero-order chi connectivity index (χ0) is 31.0. The predicted octanol–water partition coefficient (Wildman–Crippen LogP) is 5.95. The lowest BCUT2D eigenvalue weighted by Gasteiger charge is -2.31. The van der Waals surface area contributed by atoms with Gasteiger partial charge in [0.25, 0.3) is 0 Å². The standard InChI is InChI=1S/C34H35F2N9O/c35-22-14-34(10-3-12-44(34)18-22)19-46-33-40-29-25(31(41-33)43-11-2-4-20(15-37)9-13-43)16-38-32(27(29)36)45-26-17-39-42-28(26)24-6-1-5-23(30(24)45)21-7-8-21/h1,5-6,16-17,20-22H,2-4,7-14,18-19H2,(H,39,42)/t20?,22-,34+/m1/s1. The third-order valence-corrected chi connectivity index (χ3v) is 10.7. The molecule has 4 fully saturated rings. The van der Waals surface area contributed by atoms with Crippen molar-refractivity contribution in [1.82, 2.24) is 34.6 Å². The molecule has 9 rings (SSSR count). The van der Waals surface area contributed by atoms with Gasteiger partial charge in [0.1, 0.15) is 24.1 Å². The number of alkyl halides is 1. The van der Waals surface area contributed by atoms with Crippen LogP contribution in [0.2, 0.25) is 0 Å². The highest BCUT2D eigenvalue weighted by Crippen LogP contribution is 2.46. The number of nitrogens with zero attached hydrogens (tertiary/aromatic N) is 8. The summed E-state index contributed by atoms with van der Waals surface area (Å²) in [6.45, 7) is 2.80. The van der Waals surface area contributed by atoms with Gasteiger partial charge in [-0.2, -0.15) is 20.3 Å². The van der Waals surface area contributed by atoms with Crippen molar-refractivity contribution in [2.24, 2.45) is 5.92 Å². The lowest BCUT2D eigenvalue weighted by Crippen LogP contribution is -2.43. The Bertz CT molecular complexity index is 2030. The Morgan fingerprint density at radius 2 is 1.96 bits per heavy atom. The number of H-pyrrole nitrogens is 1. The van der Waals surface area contributed by atoms with Gasteiger partial charge in [0, 0.05) is 43.6 Å². The van der Waals surface area contributed by atoms with Crippen molar-refractivity contribution in [1.29, 1.82) is 5.26 Å². The number of pyridine rings is 1. The van der Waals surface area contributed by atoms with Gasteiger partial charge in [0.05, 0.1) is 39.7 Å². The summed E-state index contributed by atoms with van der Waals surface area (Å²) >= 11 is 0. The Morgan fingerprint density at radius 3 is 2.83 bits per heavy atom. The molecule has 0 amide bonds. The zero-order valence-corrected chi connectivity index (χ0v) is 25.6. The van der Waals surface area contributed by atoms with Crippen LogP contribution in [0.4, 0.5) is 14.6 Å². The minimum Gasteiger partial charge on any atom is -0.461 e. The molecule has 0 bridgehead atoms. The second-order valence-electron chi connectivity index (χ2n) is 13.6. The van der Waals surface area contributed by atoms with Crippen LogP contribution in [0.3, 0.4) is 0 Å². The summed E-state index contributed by atoms with van der Waals surface area (Å²) in [7, 11) is 0. The highest BCUT2D eigenvalue weighted by molar-refractivity contribution is 6.08. The molecule has 12 heteroatoms. The van der Waals surface area contributed by atoms with Crippen LogP contribution in [0.25, 0.3) is 38.7 Å². The van der Waals surface area contributed by atoms with Crippen molar-refractivity contribution in [3.63, 3.8) is 0 Å². The molecule has 0 spiro atoms. The molecule has 5 aromatic rings. The molecule has 3 saturated heterocycles. The van der Waals surface area contributed by atoms with Gasteiger partial charge in [-0.15, -0.1) is 0 Å². The summed E-state index contributed by atoms with van der Waals surface area (Å²) in [5.41, 5.74) is 3.43. The number of nitriles is 1. The fourth-order valence-corrected chi connectivity index (χ4v) is 8.28. The summed E-state index contributed by atoms with van der Waals surface area (Å²) in [4.78, 5) is 18.6. The van der Waals surface area contributed by atoms with Gasteiger partial charge < -0.3 is 9.64 Å². The smallest absolute Gasteiger partial charge is 0.319 e. The number of nitrogens with one attached hydrogen (secondary N) is 1. The van der Waals surface area contributed by atoms with E-state index in [0.717, 1.165) is 67.0 Å². The Morgan fingerprint density at radius 1 is 1.04 bits per heavy atom. The molecule has 236 valence electrons. The number of halogens is 2. The molecular formula is C34H35F2N9O. The highest BCUT2D eigenvalue weighted by atomic mass is 19.1. The van der Waals surface area contributed by atoms with Crippen molar-refractivity contribution in [2.45, 2.75) is 69.0 Å². The third kappa shape index (κ3) is 4.35. The largest absolute Gasteiger partial charge is 0.461 e. The van der Waals surface area contributed by atoms with Gasteiger partial charge in [0.2, 0.25) is 0 Å². The fraction of sp³-hybridized carbons (Fsp3) is 0.500. The number of fused-ring (bicyclic) bond motifs is 5. The van der Waals surface area contributed by atoms with Crippen molar-refractivity contribution >= 4 is 38.7 Å². The quantitative estimate of drug-likeness (QED) is 0.247. The molecule has 4 aromatic heterocycles. The van der Waals surface area contributed by atoms with Crippen LogP contribution < -0.4 is 9.64 Å². The van der Waals surface area contributed by atoms with Crippen LogP contribution in [0.1, 0.15) is 62.8 Å². The van der Waals surface area contributed by atoms with Crippen LogP contribution in [-0.2, 0) is 0 Å². The Labute approximate surface area is 264 Å². The maximum Gasteiger partial charge on any atom is 0.319 e. The molecular weight excluding hydrogens is 588 g/mol. The Kier molecular flexibility index (Phi) is 6.42. The number of hydrogen-bond acceptors (Lipinski definition) is 8. The maximum atomic E-state index is 17.1. The molecule has 1 saturated carbocycles. The predicted molar refractivity (Wildman–Crippen MR) is 169 cm³/mol.